The molecule has 0 bridgehead atoms. The van der Waals surface area contributed by atoms with Crippen LogP contribution in [-0.2, 0) is 0 Å². The normalized spacial score (nSPS) is 11.0. The second kappa shape index (κ2) is 4.36. The average molecular weight is 192 g/mol. The monoisotopic (exact) mass is 192 g/mol. The Bertz CT molecular complexity index is 284. The number of benzene rings is 1. The lowest BCUT2D eigenvalue weighted by molar-refractivity contribution is 0.609. The van der Waals surface area contributed by atoms with E-state index in [2.05, 4.69) is 38.7 Å². The topological polar surface area (TPSA) is 29.3 Å². The van der Waals surface area contributed by atoms with Gasteiger partial charge in [-0.3, -0.25) is 0 Å². The minimum atomic E-state index is 0.472. The highest BCUT2D eigenvalue weighted by molar-refractivity contribution is 5.68. The first kappa shape index (κ1) is 10.9. The van der Waals surface area contributed by atoms with Crippen molar-refractivity contribution in [3.8, 4) is 0 Å². The lowest BCUT2D eigenvalue weighted by atomic mass is 10.1. The van der Waals surface area contributed by atoms with Gasteiger partial charge in [0.25, 0.3) is 0 Å². The summed E-state index contributed by atoms with van der Waals surface area (Å²) in [5, 5.41) is 0. The van der Waals surface area contributed by atoms with Crippen molar-refractivity contribution in [3.05, 3.63) is 24.3 Å². The summed E-state index contributed by atoms with van der Waals surface area (Å²) in [4.78, 5) is 2.33. The smallest absolute Gasteiger partial charge is 0.0604 e. The molecule has 14 heavy (non-hydrogen) atoms. The molecule has 0 aromatic heterocycles. The summed E-state index contributed by atoms with van der Waals surface area (Å²) in [5.41, 5.74) is 7.95. The Morgan fingerprint density at radius 2 is 1.50 bits per heavy atom. The van der Waals surface area contributed by atoms with Crippen LogP contribution in [0.1, 0.15) is 27.7 Å². The predicted octanol–water partition coefficient (Wildman–Crippen LogP) is 2.89. The Hall–Kier alpha value is -1.18. The van der Waals surface area contributed by atoms with E-state index < -0.39 is 0 Å². The maximum Gasteiger partial charge on any atom is 0.0604 e. The number of rotatable bonds is 3. The molecule has 0 amide bonds. The first-order valence-electron chi connectivity index (χ1n) is 5.17. The van der Waals surface area contributed by atoms with E-state index in [9.17, 15) is 0 Å². The third-order valence-corrected chi connectivity index (χ3v) is 2.33. The molecule has 2 N–H and O–H groups in total. The van der Waals surface area contributed by atoms with Crippen LogP contribution in [0.2, 0.25) is 0 Å². The number of para-hydroxylation sites is 2. The first-order chi connectivity index (χ1) is 6.54. The second-order valence-electron chi connectivity index (χ2n) is 4.15. The molecular weight excluding hydrogens is 172 g/mol. The molecule has 0 radical (unpaired) electrons. The van der Waals surface area contributed by atoms with E-state index in [0.29, 0.717) is 12.1 Å². The summed E-state index contributed by atoms with van der Waals surface area (Å²) in [6, 6.07) is 8.98. The van der Waals surface area contributed by atoms with Crippen molar-refractivity contribution in [1.82, 2.24) is 0 Å². The van der Waals surface area contributed by atoms with E-state index >= 15 is 0 Å². The van der Waals surface area contributed by atoms with Gasteiger partial charge >= 0.3 is 0 Å². The van der Waals surface area contributed by atoms with E-state index in [-0.39, 0.29) is 0 Å². The van der Waals surface area contributed by atoms with Crippen LogP contribution in [0, 0.1) is 0 Å². The molecule has 1 aromatic rings. The van der Waals surface area contributed by atoms with Crippen molar-refractivity contribution in [2.75, 3.05) is 10.6 Å². The van der Waals surface area contributed by atoms with Crippen LogP contribution in [0.25, 0.3) is 0 Å². The third kappa shape index (κ3) is 2.19. The van der Waals surface area contributed by atoms with Crippen LogP contribution in [0.3, 0.4) is 0 Å². The Labute approximate surface area is 86.7 Å². The molecule has 0 atom stereocenters. The molecule has 2 nitrogen and oxygen atoms in total. The van der Waals surface area contributed by atoms with Gasteiger partial charge in [0.05, 0.1) is 11.4 Å². The minimum absolute atomic E-state index is 0.472. The molecule has 0 saturated heterocycles. The summed E-state index contributed by atoms with van der Waals surface area (Å²) >= 11 is 0. The fourth-order valence-corrected chi connectivity index (χ4v) is 1.88. The Kier molecular flexibility index (Phi) is 3.39. The van der Waals surface area contributed by atoms with Gasteiger partial charge in [-0.15, -0.1) is 0 Å². The molecule has 1 aromatic carbocycles. The van der Waals surface area contributed by atoms with Gasteiger partial charge in [-0.2, -0.15) is 0 Å². The quantitative estimate of drug-likeness (QED) is 0.746. The van der Waals surface area contributed by atoms with Crippen molar-refractivity contribution in [1.29, 1.82) is 0 Å². The summed E-state index contributed by atoms with van der Waals surface area (Å²) in [5.74, 6) is 0. The molecule has 1 rings (SSSR count). The molecular formula is C12H20N2. The van der Waals surface area contributed by atoms with Gasteiger partial charge in [0.1, 0.15) is 0 Å². The van der Waals surface area contributed by atoms with Crippen molar-refractivity contribution >= 4 is 11.4 Å². The Balaban J connectivity index is 3.05. The molecule has 0 heterocycles. The largest absolute Gasteiger partial charge is 0.397 e. The van der Waals surface area contributed by atoms with E-state index in [4.69, 9.17) is 5.73 Å². The Morgan fingerprint density at radius 1 is 1.00 bits per heavy atom. The number of nitrogen functional groups attached to an aromatic ring is 1. The van der Waals surface area contributed by atoms with Gasteiger partial charge in [0.15, 0.2) is 0 Å². The maximum absolute atomic E-state index is 5.96. The van der Waals surface area contributed by atoms with Gasteiger partial charge in [0.2, 0.25) is 0 Å². The fraction of sp³-hybridized carbons (Fsp3) is 0.500. The lowest BCUT2D eigenvalue weighted by Gasteiger charge is -2.33. The molecule has 0 aliphatic heterocycles. The zero-order valence-electron chi connectivity index (χ0n) is 9.49. The number of anilines is 2. The van der Waals surface area contributed by atoms with Crippen molar-refractivity contribution in [3.63, 3.8) is 0 Å². The summed E-state index contributed by atoms with van der Waals surface area (Å²) in [6.07, 6.45) is 0. The molecule has 0 fully saturated rings. The third-order valence-electron chi connectivity index (χ3n) is 2.33. The highest BCUT2D eigenvalue weighted by atomic mass is 15.2. The fourth-order valence-electron chi connectivity index (χ4n) is 1.88. The SMILES string of the molecule is CC(C)N(c1ccccc1N)C(C)C. The van der Waals surface area contributed by atoms with Crippen molar-refractivity contribution in [2.24, 2.45) is 0 Å². The van der Waals surface area contributed by atoms with Crippen molar-refractivity contribution < 1.29 is 0 Å². The number of hydrogen-bond donors (Lipinski definition) is 1. The molecule has 0 saturated carbocycles. The second-order valence-corrected chi connectivity index (χ2v) is 4.15. The number of nitrogens with zero attached hydrogens (tertiary/aromatic N) is 1. The lowest BCUT2D eigenvalue weighted by Crippen LogP contribution is -2.37. The molecule has 0 spiro atoms. The van der Waals surface area contributed by atoms with Gasteiger partial charge in [-0.25, -0.2) is 0 Å². The molecule has 78 valence electrons. The highest BCUT2D eigenvalue weighted by Crippen LogP contribution is 2.26. The van der Waals surface area contributed by atoms with E-state index in [1.165, 1.54) is 0 Å². The standard InChI is InChI=1S/C12H20N2/c1-9(2)14(10(3)4)12-8-6-5-7-11(12)13/h5-10H,13H2,1-4H3. The minimum Gasteiger partial charge on any atom is -0.397 e. The predicted molar refractivity (Wildman–Crippen MR) is 63.6 cm³/mol. The molecule has 2 heteroatoms. The first-order valence-corrected chi connectivity index (χ1v) is 5.17. The van der Waals surface area contributed by atoms with Gasteiger partial charge < -0.3 is 10.6 Å². The summed E-state index contributed by atoms with van der Waals surface area (Å²) in [7, 11) is 0. The van der Waals surface area contributed by atoms with Gasteiger partial charge in [-0.1, -0.05) is 12.1 Å². The van der Waals surface area contributed by atoms with Crippen LogP contribution in [0.15, 0.2) is 24.3 Å². The van der Waals surface area contributed by atoms with Gasteiger partial charge in [0, 0.05) is 12.1 Å². The van der Waals surface area contributed by atoms with Gasteiger partial charge in [-0.05, 0) is 39.8 Å². The van der Waals surface area contributed by atoms with Crippen LogP contribution >= 0.6 is 0 Å². The highest BCUT2D eigenvalue weighted by Gasteiger charge is 2.15. The molecule has 0 unspecified atom stereocenters. The van der Waals surface area contributed by atoms with Crippen LogP contribution in [-0.4, -0.2) is 12.1 Å². The van der Waals surface area contributed by atoms with Crippen LogP contribution < -0.4 is 10.6 Å². The summed E-state index contributed by atoms with van der Waals surface area (Å²) < 4.78 is 0. The van der Waals surface area contributed by atoms with E-state index in [1.54, 1.807) is 0 Å². The molecule has 0 aliphatic rings. The molecule has 0 aliphatic carbocycles. The number of hydrogen-bond acceptors (Lipinski definition) is 2. The average Bonchev–Trinajstić information content (AvgIpc) is 2.07. The van der Waals surface area contributed by atoms with Crippen LogP contribution in [0.5, 0.6) is 0 Å². The van der Waals surface area contributed by atoms with E-state index in [1.807, 2.05) is 18.2 Å². The summed E-state index contributed by atoms with van der Waals surface area (Å²) in [6.45, 7) is 8.75. The maximum atomic E-state index is 5.96. The van der Waals surface area contributed by atoms with Crippen molar-refractivity contribution in [2.45, 2.75) is 39.8 Å². The zero-order chi connectivity index (χ0) is 10.7. The van der Waals surface area contributed by atoms with E-state index in [0.717, 1.165) is 11.4 Å². The van der Waals surface area contributed by atoms with Crippen LogP contribution in [0.4, 0.5) is 11.4 Å². The zero-order valence-corrected chi connectivity index (χ0v) is 9.49. The Morgan fingerprint density at radius 3 is 1.93 bits per heavy atom. The number of nitrogens with two attached hydrogens (primary N) is 1.